The number of nitrogens with two attached hydrogens (primary N) is 1. The van der Waals surface area contributed by atoms with E-state index in [1.54, 1.807) is 24.3 Å². The summed E-state index contributed by atoms with van der Waals surface area (Å²) in [4.78, 5) is 22.3. The molecule has 2 rings (SSSR count). The van der Waals surface area contributed by atoms with Gasteiger partial charge in [-0.25, -0.2) is 0 Å². The van der Waals surface area contributed by atoms with Crippen LogP contribution in [-0.4, -0.2) is 17.9 Å². The number of anilines is 2. The second-order valence-corrected chi connectivity index (χ2v) is 4.22. The van der Waals surface area contributed by atoms with Crippen LogP contribution in [0.4, 0.5) is 17.1 Å². The Balaban J connectivity index is 2.28. The number of hydrogen-bond donors (Lipinski definition) is 2. The average Bonchev–Trinajstić information content (AvgIpc) is 2.46. The number of ether oxygens (including phenoxy) is 1. The number of non-ortho nitro benzene ring substituents is 1. The normalized spacial score (nSPS) is 9.95. The molecular formula is C14H13N3O4. The fourth-order valence-corrected chi connectivity index (χ4v) is 1.80. The molecule has 0 fully saturated rings. The number of nitrogen functional groups attached to an aromatic ring is 1. The van der Waals surface area contributed by atoms with Crippen LogP contribution in [0.2, 0.25) is 0 Å². The molecular weight excluding hydrogens is 274 g/mol. The molecule has 3 N–H and O–H groups in total. The molecule has 0 atom stereocenters. The molecule has 0 aromatic heterocycles. The molecule has 0 spiro atoms. The van der Waals surface area contributed by atoms with Crippen molar-refractivity contribution in [3.8, 4) is 5.75 Å². The summed E-state index contributed by atoms with van der Waals surface area (Å²) < 4.78 is 5.03. The van der Waals surface area contributed by atoms with Gasteiger partial charge in [-0.3, -0.25) is 14.9 Å². The first-order valence-electron chi connectivity index (χ1n) is 6.00. The van der Waals surface area contributed by atoms with Crippen molar-refractivity contribution in [2.75, 3.05) is 18.2 Å². The van der Waals surface area contributed by atoms with Gasteiger partial charge in [-0.2, -0.15) is 0 Å². The lowest BCUT2D eigenvalue weighted by molar-refractivity contribution is -0.384. The number of carbonyl (C=O) groups is 1. The molecule has 0 heterocycles. The van der Waals surface area contributed by atoms with E-state index in [1.807, 2.05) is 0 Å². The van der Waals surface area contributed by atoms with E-state index in [9.17, 15) is 14.9 Å². The van der Waals surface area contributed by atoms with Crippen molar-refractivity contribution < 1.29 is 14.5 Å². The Hall–Kier alpha value is -3.09. The monoisotopic (exact) mass is 287 g/mol. The van der Waals surface area contributed by atoms with Gasteiger partial charge in [-0.05, 0) is 24.3 Å². The smallest absolute Gasteiger partial charge is 0.273 e. The number of methoxy groups -OCH3 is 1. The van der Waals surface area contributed by atoms with Crippen molar-refractivity contribution in [1.82, 2.24) is 0 Å². The summed E-state index contributed by atoms with van der Waals surface area (Å²) >= 11 is 0. The molecule has 0 aliphatic carbocycles. The van der Waals surface area contributed by atoms with E-state index >= 15 is 0 Å². The van der Waals surface area contributed by atoms with Crippen LogP contribution in [0.1, 0.15) is 10.4 Å². The van der Waals surface area contributed by atoms with Crippen molar-refractivity contribution in [1.29, 1.82) is 0 Å². The summed E-state index contributed by atoms with van der Waals surface area (Å²) in [7, 11) is 1.34. The molecule has 0 saturated carbocycles. The minimum atomic E-state index is -0.553. The van der Waals surface area contributed by atoms with E-state index in [-0.39, 0.29) is 17.0 Å². The lowest BCUT2D eigenvalue weighted by Crippen LogP contribution is -2.13. The maximum absolute atomic E-state index is 12.2. The molecule has 0 aliphatic rings. The van der Waals surface area contributed by atoms with Crippen molar-refractivity contribution in [2.24, 2.45) is 0 Å². The number of nitrogens with zero attached hydrogens (tertiary/aromatic N) is 1. The predicted octanol–water partition coefficient (Wildman–Crippen LogP) is 2.44. The number of amides is 1. The summed E-state index contributed by atoms with van der Waals surface area (Å²) in [5, 5.41) is 13.4. The summed E-state index contributed by atoms with van der Waals surface area (Å²) in [5.41, 5.74) is 6.73. The Kier molecular flexibility index (Phi) is 4.03. The topological polar surface area (TPSA) is 107 Å². The molecule has 2 aromatic rings. The van der Waals surface area contributed by atoms with Crippen molar-refractivity contribution in [3.63, 3.8) is 0 Å². The highest BCUT2D eigenvalue weighted by molar-refractivity contribution is 6.06. The summed E-state index contributed by atoms with van der Waals surface area (Å²) in [5.74, 6) is -0.307. The highest BCUT2D eigenvalue weighted by Gasteiger charge is 2.16. The number of benzene rings is 2. The van der Waals surface area contributed by atoms with Gasteiger partial charge >= 0.3 is 0 Å². The minimum Gasteiger partial charge on any atom is -0.496 e. The molecule has 0 aliphatic heterocycles. The Bertz CT molecular complexity index is 700. The van der Waals surface area contributed by atoms with Crippen LogP contribution in [0.15, 0.2) is 42.5 Å². The Morgan fingerprint density at radius 2 is 2.05 bits per heavy atom. The Morgan fingerprint density at radius 3 is 2.67 bits per heavy atom. The highest BCUT2D eigenvalue weighted by Crippen LogP contribution is 2.25. The van der Waals surface area contributed by atoms with Gasteiger partial charge < -0.3 is 15.8 Å². The van der Waals surface area contributed by atoms with Gasteiger partial charge in [0, 0.05) is 17.4 Å². The number of carbonyl (C=O) groups excluding carboxylic acids is 1. The third-order valence-corrected chi connectivity index (χ3v) is 2.79. The van der Waals surface area contributed by atoms with E-state index in [1.165, 1.54) is 25.3 Å². The molecule has 0 saturated heterocycles. The van der Waals surface area contributed by atoms with Crippen molar-refractivity contribution in [3.05, 3.63) is 58.1 Å². The number of nitro groups is 1. The minimum absolute atomic E-state index is 0.130. The fourth-order valence-electron chi connectivity index (χ4n) is 1.80. The molecule has 1 amide bonds. The van der Waals surface area contributed by atoms with Crippen LogP contribution in [-0.2, 0) is 0 Å². The van der Waals surface area contributed by atoms with E-state index < -0.39 is 10.8 Å². The largest absolute Gasteiger partial charge is 0.496 e. The zero-order chi connectivity index (χ0) is 15.4. The van der Waals surface area contributed by atoms with Gasteiger partial charge in [-0.15, -0.1) is 0 Å². The lowest BCUT2D eigenvalue weighted by atomic mass is 10.1. The van der Waals surface area contributed by atoms with E-state index in [0.717, 1.165) is 0 Å². The third kappa shape index (κ3) is 3.27. The number of nitrogens with one attached hydrogen (secondary N) is 1. The van der Waals surface area contributed by atoms with Gasteiger partial charge in [0.2, 0.25) is 0 Å². The van der Waals surface area contributed by atoms with Gasteiger partial charge in [0.25, 0.3) is 11.6 Å². The quantitative estimate of drug-likeness (QED) is 0.510. The SMILES string of the molecule is COc1cc([N+](=O)[O-])ccc1C(=O)Nc1cccc(N)c1. The number of hydrogen-bond acceptors (Lipinski definition) is 5. The highest BCUT2D eigenvalue weighted by atomic mass is 16.6. The zero-order valence-electron chi connectivity index (χ0n) is 11.2. The lowest BCUT2D eigenvalue weighted by Gasteiger charge is -2.09. The molecule has 21 heavy (non-hydrogen) atoms. The third-order valence-electron chi connectivity index (χ3n) is 2.79. The van der Waals surface area contributed by atoms with Gasteiger partial charge in [0.05, 0.1) is 23.7 Å². The number of nitro benzene ring substituents is 1. The second kappa shape index (κ2) is 5.91. The Labute approximate surface area is 120 Å². The van der Waals surface area contributed by atoms with Crippen LogP contribution in [0.25, 0.3) is 0 Å². The van der Waals surface area contributed by atoms with Crippen LogP contribution in [0.3, 0.4) is 0 Å². The molecule has 0 unspecified atom stereocenters. The Morgan fingerprint density at radius 1 is 1.29 bits per heavy atom. The summed E-state index contributed by atoms with van der Waals surface area (Å²) in [6, 6.07) is 10.5. The standard InChI is InChI=1S/C14H13N3O4/c1-21-13-8-11(17(19)20)5-6-12(13)14(18)16-10-4-2-3-9(15)7-10/h2-8H,15H2,1H3,(H,16,18). The molecule has 2 aromatic carbocycles. The van der Waals surface area contributed by atoms with Crippen LogP contribution in [0.5, 0.6) is 5.75 Å². The molecule has 108 valence electrons. The van der Waals surface area contributed by atoms with Crippen LogP contribution in [0, 0.1) is 10.1 Å². The van der Waals surface area contributed by atoms with E-state index in [0.29, 0.717) is 11.4 Å². The summed E-state index contributed by atoms with van der Waals surface area (Å²) in [6.07, 6.45) is 0. The second-order valence-electron chi connectivity index (χ2n) is 4.22. The predicted molar refractivity (Wildman–Crippen MR) is 78.5 cm³/mol. The van der Waals surface area contributed by atoms with Gasteiger partial charge in [0.1, 0.15) is 5.75 Å². The average molecular weight is 287 g/mol. The van der Waals surface area contributed by atoms with Gasteiger partial charge in [-0.1, -0.05) is 6.07 Å². The van der Waals surface area contributed by atoms with Crippen LogP contribution < -0.4 is 15.8 Å². The first-order valence-corrected chi connectivity index (χ1v) is 6.00. The summed E-state index contributed by atoms with van der Waals surface area (Å²) in [6.45, 7) is 0. The molecule has 7 heteroatoms. The van der Waals surface area contributed by atoms with Gasteiger partial charge in [0.15, 0.2) is 0 Å². The molecule has 0 radical (unpaired) electrons. The van der Waals surface area contributed by atoms with E-state index in [4.69, 9.17) is 10.5 Å². The van der Waals surface area contributed by atoms with Crippen molar-refractivity contribution in [2.45, 2.75) is 0 Å². The first kappa shape index (κ1) is 14.3. The number of rotatable bonds is 4. The fraction of sp³-hybridized carbons (Fsp3) is 0.0714. The van der Waals surface area contributed by atoms with Crippen molar-refractivity contribution >= 4 is 23.0 Å². The maximum Gasteiger partial charge on any atom is 0.273 e. The van der Waals surface area contributed by atoms with E-state index in [2.05, 4.69) is 5.32 Å². The maximum atomic E-state index is 12.2. The zero-order valence-corrected chi connectivity index (χ0v) is 11.2. The first-order chi connectivity index (χ1) is 10.0. The molecule has 7 nitrogen and oxygen atoms in total. The molecule has 0 bridgehead atoms. The van der Waals surface area contributed by atoms with Crippen LogP contribution >= 0.6 is 0 Å².